The lowest BCUT2D eigenvalue weighted by molar-refractivity contribution is 0.459. The molecule has 1 aromatic heterocycles. The van der Waals surface area contributed by atoms with Crippen LogP contribution in [-0.2, 0) is 0 Å². The third kappa shape index (κ3) is 3.82. The van der Waals surface area contributed by atoms with Crippen LogP contribution in [0, 0.1) is 12.8 Å². The zero-order valence-corrected chi connectivity index (χ0v) is 12.4. The minimum atomic E-state index is 0.852. The smallest absolute Gasteiger partial charge is 0.134 e. The van der Waals surface area contributed by atoms with Crippen LogP contribution in [0.25, 0.3) is 0 Å². The summed E-state index contributed by atoms with van der Waals surface area (Å²) in [6, 6.07) is 2.09. The first-order valence-electron chi connectivity index (χ1n) is 7.57. The minimum Gasteiger partial charge on any atom is -0.370 e. The summed E-state index contributed by atoms with van der Waals surface area (Å²) in [5.74, 6) is 3.77. The van der Waals surface area contributed by atoms with Crippen molar-refractivity contribution in [3.63, 3.8) is 0 Å². The van der Waals surface area contributed by atoms with E-state index in [2.05, 4.69) is 40.1 Å². The van der Waals surface area contributed by atoms with Crippen LogP contribution < -0.4 is 10.2 Å². The highest BCUT2D eigenvalue weighted by atomic mass is 15.2. The molecule has 0 aromatic carbocycles. The van der Waals surface area contributed by atoms with E-state index in [4.69, 9.17) is 0 Å². The molecule has 1 N–H and O–H groups in total. The molecule has 0 amide bonds. The quantitative estimate of drug-likeness (QED) is 0.904. The number of nitrogens with one attached hydrogen (secondary N) is 1. The first-order chi connectivity index (χ1) is 9.22. The monoisotopic (exact) mass is 262 g/mol. The molecule has 0 spiro atoms. The normalized spacial score (nSPS) is 20.2. The zero-order chi connectivity index (χ0) is 13.7. The van der Waals surface area contributed by atoms with E-state index in [1.54, 1.807) is 0 Å². The summed E-state index contributed by atoms with van der Waals surface area (Å²) < 4.78 is 0. The fraction of sp³-hybridized carbons (Fsp3) is 0.733. The van der Waals surface area contributed by atoms with E-state index in [0.29, 0.717) is 0 Å². The molecule has 19 heavy (non-hydrogen) atoms. The molecule has 2 heterocycles. The van der Waals surface area contributed by atoms with Crippen molar-refractivity contribution < 1.29 is 0 Å². The molecular weight excluding hydrogens is 236 g/mol. The Kier molecular flexibility index (Phi) is 5.00. The van der Waals surface area contributed by atoms with E-state index >= 15 is 0 Å². The van der Waals surface area contributed by atoms with Crippen molar-refractivity contribution in [2.45, 2.75) is 46.5 Å². The summed E-state index contributed by atoms with van der Waals surface area (Å²) in [5, 5.41) is 3.29. The number of nitrogens with zero attached hydrogens (tertiary/aromatic N) is 3. The Hall–Kier alpha value is -1.32. The molecule has 1 aliphatic rings. The van der Waals surface area contributed by atoms with E-state index in [9.17, 15) is 0 Å². The molecule has 0 aliphatic carbocycles. The summed E-state index contributed by atoms with van der Waals surface area (Å²) in [6.07, 6.45) is 5.23. The zero-order valence-electron chi connectivity index (χ0n) is 12.4. The molecule has 0 bridgehead atoms. The summed E-state index contributed by atoms with van der Waals surface area (Å²) in [6.45, 7) is 9.51. The highest BCUT2D eigenvalue weighted by molar-refractivity contribution is 5.49. The minimum absolute atomic E-state index is 0.852. The van der Waals surface area contributed by atoms with Gasteiger partial charge < -0.3 is 10.2 Å². The van der Waals surface area contributed by atoms with Gasteiger partial charge in [0.05, 0.1) is 0 Å². The topological polar surface area (TPSA) is 41.0 Å². The second-order valence-electron chi connectivity index (χ2n) is 5.38. The van der Waals surface area contributed by atoms with Gasteiger partial charge in [-0.25, -0.2) is 9.97 Å². The molecule has 4 nitrogen and oxygen atoms in total. The Morgan fingerprint density at radius 1 is 1.26 bits per heavy atom. The molecule has 1 atom stereocenters. The Balaban J connectivity index is 2.12. The molecule has 1 unspecified atom stereocenters. The number of aromatic nitrogens is 2. The van der Waals surface area contributed by atoms with Gasteiger partial charge in [0, 0.05) is 25.7 Å². The predicted molar refractivity (Wildman–Crippen MR) is 80.8 cm³/mol. The van der Waals surface area contributed by atoms with Gasteiger partial charge in [-0.3, -0.25) is 0 Å². The molecule has 0 saturated carbocycles. The van der Waals surface area contributed by atoms with E-state index in [0.717, 1.165) is 43.0 Å². The lowest BCUT2D eigenvalue weighted by atomic mass is 9.98. The van der Waals surface area contributed by atoms with Crippen LogP contribution in [-0.4, -0.2) is 29.6 Å². The van der Waals surface area contributed by atoms with Crippen molar-refractivity contribution in [1.29, 1.82) is 0 Å². The predicted octanol–water partition coefficient (Wildman–Crippen LogP) is 3.23. The average molecular weight is 262 g/mol. The first-order valence-corrected chi connectivity index (χ1v) is 7.57. The lowest BCUT2D eigenvalue weighted by Crippen LogP contribution is -2.25. The van der Waals surface area contributed by atoms with Gasteiger partial charge in [-0.2, -0.15) is 0 Å². The molecule has 1 saturated heterocycles. The van der Waals surface area contributed by atoms with Gasteiger partial charge in [-0.05, 0) is 39.0 Å². The van der Waals surface area contributed by atoms with Gasteiger partial charge in [-0.1, -0.05) is 13.3 Å². The summed E-state index contributed by atoms with van der Waals surface area (Å²) >= 11 is 0. The highest BCUT2D eigenvalue weighted by Gasteiger charge is 2.17. The number of hydrogen-bond donors (Lipinski definition) is 1. The van der Waals surface area contributed by atoms with Crippen LogP contribution >= 0.6 is 0 Å². The van der Waals surface area contributed by atoms with Crippen LogP contribution in [0.1, 0.15) is 45.4 Å². The van der Waals surface area contributed by atoms with Crippen LogP contribution in [0.2, 0.25) is 0 Å². The Bertz CT molecular complexity index is 405. The van der Waals surface area contributed by atoms with Gasteiger partial charge in [-0.15, -0.1) is 0 Å². The molecular formula is C15H26N4. The average Bonchev–Trinajstić information content (AvgIpc) is 2.63. The summed E-state index contributed by atoms with van der Waals surface area (Å²) in [7, 11) is 0. The van der Waals surface area contributed by atoms with Gasteiger partial charge in [0.1, 0.15) is 17.5 Å². The number of rotatable bonds is 4. The highest BCUT2D eigenvalue weighted by Crippen LogP contribution is 2.24. The Labute approximate surface area is 116 Å². The van der Waals surface area contributed by atoms with Crippen molar-refractivity contribution in [1.82, 2.24) is 9.97 Å². The maximum atomic E-state index is 4.61. The molecule has 106 valence electrons. The van der Waals surface area contributed by atoms with Crippen molar-refractivity contribution in [2.75, 3.05) is 29.9 Å². The largest absolute Gasteiger partial charge is 0.370 e. The molecule has 1 aromatic rings. The fourth-order valence-corrected chi connectivity index (χ4v) is 2.79. The molecule has 0 radical (unpaired) electrons. The number of hydrogen-bond acceptors (Lipinski definition) is 4. The van der Waals surface area contributed by atoms with Gasteiger partial charge in [0.15, 0.2) is 0 Å². The number of aryl methyl sites for hydroxylation is 1. The maximum Gasteiger partial charge on any atom is 0.134 e. The molecule has 1 aliphatic heterocycles. The van der Waals surface area contributed by atoms with E-state index < -0.39 is 0 Å². The van der Waals surface area contributed by atoms with E-state index in [-0.39, 0.29) is 0 Å². The maximum absolute atomic E-state index is 4.61. The van der Waals surface area contributed by atoms with Gasteiger partial charge in [0.2, 0.25) is 0 Å². The van der Waals surface area contributed by atoms with Crippen molar-refractivity contribution in [2.24, 2.45) is 5.92 Å². The van der Waals surface area contributed by atoms with Crippen LogP contribution in [0.3, 0.4) is 0 Å². The van der Waals surface area contributed by atoms with Crippen molar-refractivity contribution >= 4 is 11.6 Å². The van der Waals surface area contributed by atoms with Gasteiger partial charge in [0.25, 0.3) is 0 Å². The third-order valence-corrected chi connectivity index (χ3v) is 3.93. The standard InChI is InChI=1S/C15H26N4/c1-4-13-7-6-9-19(10-8-13)15-11-14(16-5-2)17-12(3)18-15/h11,13H,4-10H2,1-3H3,(H,16,17,18). The van der Waals surface area contributed by atoms with E-state index in [1.165, 1.54) is 25.7 Å². The molecule has 4 heteroatoms. The van der Waals surface area contributed by atoms with Crippen molar-refractivity contribution in [3.8, 4) is 0 Å². The van der Waals surface area contributed by atoms with Crippen LogP contribution in [0.5, 0.6) is 0 Å². The summed E-state index contributed by atoms with van der Waals surface area (Å²) in [5.41, 5.74) is 0. The lowest BCUT2D eigenvalue weighted by Gasteiger charge is -2.22. The Morgan fingerprint density at radius 3 is 2.84 bits per heavy atom. The van der Waals surface area contributed by atoms with Gasteiger partial charge >= 0.3 is 0 Å². The van der Waals surface area contributed by atoms with Crippen LogP contribution in [0.15, 0.2) is 6.07 Å². The molecule has 1 fully saturated rings. The second-order valence-corrected chi connectivity index (χ2v) is 5.38. The number of anilines is 2. The Morgan fingerprint density at radius 2 is 2.11 bits per heavy atom. The SMILES string of the molecule is CCNc1cc(N2CCCC(CC)CC2)nc(C)n1. The van der Waals surface area contributed by atoms with Crippen LogP contribution in [0.4, 0.5) is 11.6 Å². The van der Waals surface area contributed by atoms with Crippen molar-refractivity contribution in [3.05, 3.63) is 11.9 Å². The first kappa shape index (κ1) is 14.1. The van der Waals surface area contributed by atoms with E-state index in [1.807, 2.05) is 6.92 Å². The third-order valence-electron chi connectivity index (χ3n) is 3.93. The second kappa shape index (κ2) is 6.73. The molecule has 2 rings (SSSR count). The summed E-state index contributed by atoms with van der Waals surface area (Å²) in [4.78, 5) is 11.5. The fourth-order valence-electron chi connectivity index (χ4n) is 2.79.